The molecule has 1 saturated heterocycles. The largest absolute Gasteiger partial charge is 0.508 e. The van der Waals surface area contributed by atoms with Crippen molar-refractivity contribution in [3.05, 3.63) is 65.2 Å². The van der Waals surface area contributed by atoms with Crippen molar-refractivity contribution >= 4 is 17.7 Å². The van der Waals surface area contributed by atoms with Crippen LogP contribution in [0.4, 0.5) is 0 Å². The first-order valence-electron chi connectivity index (χ1n) is 11.5. The Kier molecular flexibility index (Phi) is 8.29. The summed E-state index contributed by atoms with van der Waals surface area (Å²) >= 11 is 0. The number of aromatic hydroxyl groups is 1. The van der Waals surface area contributed by atoms with Crippen molar-refractivity contribution in [1.29, 1.82) is 5.26 Å². The Balaban J connectivity index is 1.88. The molecular weight excluding hydrogens is 464 g/mol. The van der Waals surface area contributed by atoms with Gasteiger partial charge in [0, 0.05) is 11.1 Å². The van der Waals surface area contributed by atoms with Gasteiger partial charge in [-0.3, -0.25) is 14.4 Å². The fourth-order valence-corrected chi connectivity index (χ4v) is 4.20. The van der Waals surface area contributed by atoms with Crippen LogP contribution < -0.4 is 10.6 Å². The summed E-state index contributed by atoms with van der Waals surface area (Å²) in [4.78, 5) is 40.4. The predicted molar refractivity (Wildman–Crippen MR) is 130 cm³/mol. The van der Waals surface area contributed by atoms with Crippen LogP contribution in [0.1, 0.15) is 35.3 Å². The molecule has 0 spiro atoms. The number of nitrogens with zero attached hydrogens (tertiary/aromatic N) is 2. The molecule has 2 aromatic carbocycles. The number of rotatable bonds is 8. The summed E-state index contributed by atoms with van der Waals surface area (Å²) in [6, 6.07) is 13.2. The Bertz CT molecular complexity index is 1160. The number of ether oxygens (including phenoxy) is 1. The van der Waals surface area contributed by atoms with Crippen molar-refractivity contribution in [3.63, 3.8) is 0 Å². The van der Waals surface area contributed by atoms with E-state index in [1.165, 1.54) is 18.2 Å². The number of carbonyl (C=O) groups excluding carboxylic acids is 3. The van der Waals surface area contributed by atoms with Crippen molar-refractivity contribution in [1.82, 2.24) is 15.5 Å². The number of benzene rings is 2. The van der Waals surface area contributed by atoms with Crippen molar-refractivity contribution in [3.8, 4) is 11.8 Å². The molecule has 4 N–H and O–H groups in total. The third-order valence-corrected chi connectivity index (χ3v) is 6.22. The molecule has 3 rings (SSSR count). The highest BCUT2D eigenvalue weighted by Gasteiger charge is 2.50. The van der Waals surface area contributed by atoms with Gasteiger partial charge < -0.3 is 30.5 Å². The number of phenolic OH excluding ortho intramolecular Hbond substituents is 1. The molecule has 190 valence electrons. The van der Waals surface area contributed by atoms with Crippen LogP contribution in [0.25, 0.3) is 0 Å². The number of phenols is 1. The number of aliphatic hydroxyl groups excluding tert-OH is 1. The Morgan fingerprint density at radius 3 is 2.56 bits per heavy atom. The lowest BCUT2D eigenvalue weighted by molar-refractivity contribution is -0.147. The molecule has 1 aliphatic heterocycles. The van der Waals surface area contributed by atoms with E-state index in [0.717, 1.165) is 10.5 Å². The highest BCUT2D eigenvalue weighted by Crippen LogP contribution is 2.29. The summed E-state index contributed by atoms with van der Waals surface area (Å²) in [5, 5.41) is 35.1. The molecule has 0 radical (unpaired) electrons. The molecule has 0 saturated carbocycles. The zero-order valence-corrected chi connectivity index (χ0v) is 20.4. The number of nitriles is 1. The minimum atomic E-state index is -1.71. The van der Waals surface area contributed by atoms with Crippen LogP contribution >= 0.6 is 0 Å². The summed E-state index contributed by atoms with van der Waals surface area (Å²) in [6.45, 7) is 4.37. The monoisotopic (exact) mass is 494 g/mol. The molecule has 0 aliphatic carbocycles. The zero-order chi connectivity index (χ0) is 26.5. The van der Waals surface area contributed by atoms with Gasteiger partial charge in [-0.15, -0.1) is 0 Å². The third-order valence-electron chi connectivity index (χ3n) is 6.22. The summed E-state index contributed by atoms with van der Waals surface area (Å²) in [7, 11) is 0. The predicted octanol–water partition coefficient (Wildman–Crippen LogP) is 1.01. The van der Waals surface area contributed by atoms with Crippen LogP contribution in [0.2, 0.25) is 0 Å². The van der Waals surface area contributed by atoms with Gasteiger partial charge in [0.1, 0.15) is 25.1 Å². The van der Waals surface area contributed by atoms with E-state index in [9.17, 15) is 24.6 Å². The third kappa shape index (κ3) is 5.82. The quantitative estimate of drug-likeness (QED) is 0.400. The maximum absolute atomic E-state index is 13.5. The van der Waals surface area contributed by atoms with Gasteiger partial charge in [0.05, 0.1) is 17.7 Å². The van der Waals surface area contributed by atoms with Crippen molar-refractivity contribution in [2.45, 2.75) is 51.0 Å². The van der Waals surface area contributed by atoms with Gasteiger partial charge in [-0.05, 0) is 44.9 Å². The molecule has 1 fully saturated rings. The van der Waals surface area contributed by atoms with E-state index in [0.29, 0.717) is 5.56 Å². The molecule has 1 aliphatic rings. The van der Waals surface area contributed by atoms with Gasteiger partial charge in [-0.1, -0.05) is 36.4 Å². The van der Waals surface area contributed by atoms with Crippen molar-refractivity contribution in [2.24, 2.45) is 0 Å². The van der Waals surface area contributed by atoms with E-state index in [4.69, 9.17) is 10.00 Å². The molecule has 36 heavy (non-hydrogen) atoms. The minimum absolute atomic E-state index is 0.0541. The van der Waals surface area contributed by atoms with Gasteiger partial charge >= 0.3 is 0 Å². The first-order valence-corrected chi connectivity index (χ1v) is 11.5. The standard InChI is InChI=1S/C26H30N4O6/c1-16-18(10-7-11-20(16)31)23(33)29-19(14-17-8-5-4-6-9-17)21(32)25(35)30-15-36-26(2,3)22(30)24(34)28-13-12-27/h4-11,19,21-22,31-32H,13-15H2,1-3H3,(H,28,34)(H,29,33). The molecule has 10 heteroatoms. The van der Waals surface area contributed by atoms with Gasteiger partial charge in [0.15, 0.2) is 6.10 Å². The average molecular weight is 495 g/mol. The van der Waals surface area contributed by atoms with Gasteiger partial charge in [0.25, 0.3) is 11.8 Å². The lowest BCUT2D eigenvalue weighted by Gasteiger charge is -2.32. The minimum Gasteiger partial charge on any atom is -0.508 e. The number of hydrogen-bond donors (Lipinski definition) is 4. The van der Waals surface area contributed by atoms with E-state index in [1.54, 1.807) is 45.0 Å². The molecule has 1 heterocycles. The van der Waals surface area contributed by atoms with E-state index in [2.05, 4.69) is 10.6 Å². The van der Waals surface area contributed by atoms with Crippen molar-refractivity contribution in [2.75, 3.05) is 13.3 Å². The van der Waals surface area contributed by atoms with Crippen LogP contribution in [-0.4, -0.2) is 69.9 Å². The molecule has 3 atom stereocenters. The number of aliphatic hydroxyl groups is 1. The zero-order valence-electron chi connectivity index (χ0n) is 20.4. The maximum Gasteiger partial charge on any atom is 0.256 e. The first kappa shape index (κ1) is 26.7. The highest BCUT2D eigenvalue weighted by atomic mass is 16.5. The Morgan fingerprint density at radius 1 is 1.19 bits per heavy atom. The van der Waals surface area contributed by atoms with Gasteiger partial charge in [0.2, 0.25) is 5.91 Å². The van der Waals surface area contributed by atoms with Gasteiger partial charge in [-0.2, -0.15) is 5.26 Å². The second-order valence-electron chi connectivity index (χ2n) is 9.13. The first-order chi connectivity index (χ1) is 17.1. The maximum atomic E-state index is 13.5. The summed E-state index contributed by atoms with van der Waals surface area (Å²) in [6.07, 6.45) is -1.59. The SMILES string of the molecule is Cc1c(O)cccc1C(=O)NC(Cc1ccccc1)C(O)C(=O)N1COC(C)(C)C1C(=O)NCC#N. The van der Waals surface area contributed by atoms with E-state index in [-0.39, 0.29) is 31.0 Å². The lowest BCUT2D eigenvalue weighted by Crippen LogP contribution is -2.59. The van der Waals surface area contributed by atoms with Crippen LogP contribution in [0.15, 0.2) is 48.5 Å². The van der Waals surface area contributed by atoms with Crippen LogP contribution in [-0.2, 0) is 20.7 Å². The normalized spacial score (nSPS) is 18.1. The fraction of sp³-hybridized carbons (Fsp3) is 0.385. The van der Waals surface area contributed by atoms with Crippen LogP contribution in [0, 0.1) is 18.3 Å². The fourth-order valence-electron chi connectivity index (χ4n) is 4.20. The van der Waals surface area contributed by atoms with Crippen LogP contribution in [0.3, 0.4) is 0 Å². The Morgan fingerprint density at radius 2 is 1.89 bits per heavy atom. The Hall–Kier alpha value is -3.94. The summed E-state index contributed by atoms with van der Waals surface area (Å²) < 4.78 is 5.65. The van der Waals surface area contributed by atoms with E-state index in [1.807, 2.05) is 12.1 Å². The second-order valence-corrected chi connectivity index (χ2v) is 9.13. The molecule has 2 aromatic rings. The molecule has 10 nitrogen and oxygen atoms in total. The summed E-state index contributed by atoms with van der Waals surface area (Å²) in [5.41, 5.74) is 0.264. The molecule has 0 aromatic heterocycles. The molecular formula is C26H30N4O6. The van der Waals surface area contributed by atoms with Gasteiger partial charge in [-0.25, -0.2) is 0 Å². The summed E-state index contributed by atoms with van der Waals surface area (Å²) in [5.74, 6) is -2.01. The number of nitrogens with one attached hydrogen (secondary N) is 2. The van der Waals surface area contributed by atoms with E-state index >= 15 is 0 Å². The van der Waals surface area contributed by atoms with Crippen molar-refractivity contribution < 1.29 is 29.3 Å². The topological polar surface area (TPSA) is 152 Å². The Labute approximate surface area is 209 Å². The lowest BCUT2D eigenvalue weighted by atomic mass is 9.95. The highest BCUT2D eigenvalue weighted by molar-refractivity contribution is 5.97. The molecule has 3 unspecified atom stereocenters. The number of hydrogen-bond acceptors (Lipinski definition) is 7. The molecule has 3 amide bonds. The second kappa shape index (κ2) is 11.2. The van der Waals surface area contributed by atoms with Crippen LogP contribution in [0.5, 0.6) is 5.75 Å². The smallest absolute Gasteiger partial charge is 0.256 e. The average Bonchev–Trinajstić information content (AvgIpc) is 3.18. The number of carbonyl (C=O) groups is 3. The number of amides is 3. The van der Waals surface area contributed by atoms with E-state index < -0.39 is 41.5 Å². The molecule has 0 bridgehead atoms.